The predicted molar refractivity (Wildman–Crippen MR) is 148 cm³/mol. The Morgan fingerprint density at radius 1 is 1.05 bits per heavy atom. The van der Waals surface area contributed by atoms with Gasteiger partial charge in [0.25, 0.3) is 11.9 Å². The summed E-state index contributed by atoms with van der Waals surface area (Å²) < 4.78 is 22.7. The number of hydrogen-bond acceptors (Lipinski definition) is 9. The number of aryl methyl sites for hydroxylation is 1. The second-order valence-electron chi connectivity index (χ2n) is 10.8. The van der Waals surface area contributed by atoms with Gasteiger partial charge in [-0.2, -0.15) is 9.97 Å². The number of furan rings is 1. The molecular formula is C27H35N5O5Si. The van der Waals surface area contributed by atoms with E-state index >= 15 is 0 Å². The predicted octanol–water partition coefficient (Wildman–Crippen LogP) is 3.88. The van der Waals surface area contributed by atoms with Crippen LogP contribution in [0.3, 0.4) is 0 Å². The van der Waals surface area contributed by atoms with Crippen molar-refractivity contribution in [2.24, 2.45) is 0 Å². The standard InChI is InChI=1S/C27H35N5O5Si/c1-17-8-9-19(38(4,5)6)14-21(17)37-22-11-10-20(36-22)24(33)28-23-25(34-2)29-27(30-26(23)35-3)32-15-18(16-32)31-12-7-13-31/h8-11,14,18H,7,12-13,15-16H2,1-6H3,(H,28,33). The molecule has 1 aromatic carbocycles. The number of nitrogens with zero attached hydrogens (tertiary/aromatic N) is 4. The summed E-state index contributed by atoms with van der Waals surface area (Å²) in [5, 5.41) is 4.06. The van der Waals surface area contributed by atoms with Gasteiger partial charge in [-0.25, -0.2) is 0 Å². The molecule has 0 aliphatic carbocycles. The molecule has 2 aromatic heterocycles. The van der Waals surface area contributed by atoms with Gasteiger partial charge in [-0.15, -0.1) is 0 Å². The van der Waals surface area contributed by atoms with E-state index in [4.69, 9.17) is 18.6 Å². The molecule has 0 saturated carbocycles. The first kappa shape index (κ1) is 26.1. The van der Waals surface area contributed by atoms with Gasteiger partial charge in [-0.1, -0.05) is 37.0 Å². The molecule has 2 saturated heterocycles. The van der Waals surface area contributed by atoms with Crippen LogP contribution in [0.5, 0.6) is 23.5 Å². The molecule has 11 heteroatoms. The van der Waals surface area contributed by atoms with Crippen molar-refractivity contribution in [3.05, 3.63) is 41.7 Å². The molecule has 1 N–H and O–H groups in total. The highest BCUT2D eigenvalue weighted by molar-refractivity contribution is 6.88. The lowest BCUT2D eigenvalue weighted by molar-refractivity contribution is 0.0968. The lowest BCUT2D eigenvalue weighted by atomic mass is 10.0. The van der Waals surface area contributed by atoms with Crippen LogP contribution in [0.25, 0.3) is 0 Å². The summed E-state index contributed by atoms with van der Waals surface area (Å²) in [6, 6.07) is 9.97. The van der Waals surface area contributed by atoms with Crippen molar-refractivity contribution >= 4 is 30.8 Å². The third kappa shape index (κ3) is 5.21. The normalized spacial score (nSPS) is 16.0. The molecule has 0 spiro atoms. The molecule has 2 fully saturated rings. The van der Waals surface area contributed by atoms with Crippen molar-refractivity contribution in [2.45, 2.75) is 39.0 Å². The number of hydrogen-bond donors (Lipinski definition) is 1. The third-order valence-electron chi connectivity index (χ3n) is 7.08. The lowest BCUT2D eigenvalue weighted by Crippen LogP contribution is -2.63. The first-order chi connectivity index (χ1) is 18.2. The highest BCUT2D eigenvalue weighted by Gasteiger charge is 2.36. The van der Waals surface area contributed by atoms with E-state index in [1.807, 2.05) is 13.0 Å². The number of nitrogens with one attached hydrogen (secondary N) is 1. The van der Waals surface area contributed by atoms with Crippen molar-refractivity contribution in [1.82, 2.24) is 14.9 Å². The molecule has 3 aromatic rings. The molecule has 0 bridgehead atoms. The Balaban J connectivity index is 1.30. The number of anilines is 2. The Labute approximate surface area is 223 Å². The fourth-order valence-corrected chi connectivity index (χ4v) is 5.61. The monoisotopic (exact) mass is 537 g/mol. The first-order valence-electron chi connectivity index (χ1n) is 12.9. The van der Waals surface area contributed by atoms with Gasteiger partial charge in [0.2, 0.25) is 17.7 Å². The topological polar surface area (TPSA) is 102 Å². The quantitative estimate of drug-likeness (QED) is 0.408. The van der Waals surface area contributed by atoms with Crippen LogP contribution in [0.15, 0.2) is 34.7 Å². The number of carbonyl (C=O) groups excluding carboxylic acids is 1. The summed E-state index contributed by atoms with van der Waals surface area (Å²) in [5.74, 6) is 1.46. The van der Waals surface area contributed by atoms with E-state index < -0.39 is 14.0 Å². The Kier molecular flexibility index (Phi) is 7.06. The maximum absolute atomic E-state index is 13.1. The van der Waals surface area contributed by atoms with E-state index in [1.165, 1.54) is 25.8 Å². The van der Waals surface area contributed by atoms with Crippen molar-refractivity contribution in [3.8, 4) is 23.5 Å². The van der Waals surface area contributed by atoms with E-state index in [9.17, 15) is 4.79 Å². The van der Waals surface area contributed by atoms with E-state index in [-0.39, 0.29) is 29.2 Å². The van der Waals surface area contributed by atoms with Crippen molar-refractivity contribution in [2.75, 3.05) is 50.6 Å². The number of benzene rings is 1. The van der Waals surface area contributed by atoms with E-state index in [2.05, 4.69) is 56.9 Å². The Morgan fingerprint density at radius 2 is 1.74 bits per heavy atom. The van der Waals surface area contributed by atoms with E-state index in [0.717, 1.165) is 31.7 Å². The van der Waals surface area contributed by atoms with Gasteiger partial charge < -0.3 is 28.8 Å². The molecule has 202 valence electrons. The fourth-order valence-electron chi connectivity index (χ4n) is 4.47. The molecular weight excluding hydrogens is 502 g/mol. The number of aromatic nitrogens is 2. The minimum absolute atomic E-state index is 0.0762. The average Bonchev–Trinajstić information content (AvgIpc) is 3.29. The number of amides is 1. The molecule has 0 radical (unpaired) electrons. The molecule has 5 rings (SSSR count). The van der Waals surface area contributed by atoms with Gasteiger partial charge in [0, 0.05) is 25.2 Å². The molecule has 38 heavy (non-hydrogen) atoms. The van der Waals surface area contributed by atoms with Crippen molar-refractivity contribution in [1.29, 1.82) is 0 Å². The average molecular weight is 538 g/mol. The number of rotatable bonds is 9. The summed E-state index contributed by atoms with van der Waals surface area (Å²) in [7, 11) is 1.48. The summed E-state index contributed by atoms with van der Waals surface area (Å²) in [4.78, 5) is 26.7. The Hall–Kier alpha value is -3.57. The van der Waals surface area contributed by atoms with Crippen LogP contribution in [0.4, 0.5) is 11.6 Å². The zero-order valence-corrected chi connectivity index (χ0v) is 23.8. The van der Waals surface area contributed by atoms with Gasteiger partial charge in [-0.3, -0.25) is 9.69 Å². The SMILES string of the molecule is COc1nc(N2CC(N3CCC3)C2)nc(OC)c1NC(=O)c1ccc(Oc2cc([Si](C)(C)C)ccc2C)o1. The number of ether oxygens (including phenoxy) is 3. The van der Waals surface area contributed by atoms with Gasteiger partial charge in [0.1, 0.15) is 5.75 Å². The van der Waals surface area contributed by atoms with Crippen LogP contribution in [0.2, 0.25) is 19.6 Å². The third-order valence-corrected chi connectivity index (χ3v) is 9.12. The Morgan fingerprint density at radius 3 is 2.32 bits per heavy atom. The molecule has 10 nitrogen and oxygen atoms in total. The van der Waals surface area contributed by atoms with Crippen LogP contribution in [0, 0.1) is 6.92 Å². The van der Waals surface area contributed by atoms with Crippen molar-refractivity contribution in [3.63, 3.8) is 0 Å². The summed E-state index contributed by atoms with van der Waals surface area (Å²) >= 11 is 0. The Bertz CT molecular complexity index is 1300. The highest BCUT2D eigenvalue weighted by Crippen LogP contribution is 2.36. The molecule has 2 aliphatic heterocycles. The van der Waals surface area contributed by atoms with Gasteiger partial charge in [0.05, 0.1) is 22.3 Å². The molecule has 0 atom stereocenters. The number of methoxy groups -OCH3 is 2. The van der Waals surface area contributed by atoms with Crippen LogP contribution in [-0.4, -0.2) is 75.3 Å². The summed E-state index contributed by atoms with van der Waals surface area (Å²) in [6.45, 7) is 12.8. The molecule has 4 heterocycles. The second-order valence-corrected chi connectivity index (χ2v) is 15.8. The number of carbonyl (C=O) groups is 1. The van der Waals surface area contributed by atoms with Crippen LogP contribution < -0.4 is 29.6 Å². The second kappa shape index (κ2) is 10.3. The van der Waals surface area contributed by atoms with Crippen LogP contribution in [-0.2, 0) is 0 Å². The fraction of sp³-hybridized carbons (Fsp3) is 0.444. The minimum atomic E-state index is -1.51. The molecule has 2 aliphatic rings. The van der Waals surface area contributed by atoms with Crippen LogP contribution in [0.1, 0.15) is 22.5 Å². The van der Waals surface area contributed by atoms with Crippen molar-refractivity contribution < 1.29 is 23.4 Å². The van der Waals surface area contributed by atoms with E-state index in [0.29, 0.717) is 17.7 Å². The van der Waals surface area contributed by atoms with Crippen LogP contribution >= 0.6 is 0 Å². The molecule has 1 amide bonds. The minimum Gasteiger partial charge on any atom is -0.479 e. The lowest BCUT2D eigenvalue weighted by Gasteiger charge is -2.48. The van der Waals surface area contributed by atoms with Gasteiger partial charge in [-0.05, 0) is 44.1 Å². The number of likely N-dealkylation sites (tertiary alicyclic amines) is 1. The smallest absolute Gasteiger partial charge is 0.291 e. The van der Waals surface area contributed by atoms with Gasteiger partial charge in [0.15, 0.2) is 11.4 Å². The first-order valence-corrected chi connectivity index (χ1v) is 16.4. The van der Waals surface area contributed by atoms with E-state index in [1.54, 1.807) is 12.1 Å². The van der Waals surface area contributed by atoms with Gasteiger partial charge >= 0.3 is 0 Å². The maximum atomic E-state index is 13.1. The zero-order valence-electron chi connectivity index (χ0n) is 22.8. The zero-order chi connectivity index (χ0) is 27.0. The summed E-state index contributed by atoms with van der Waals surface area (Å²) in [5.41, 5.74) is 1.22. The maximum Gasteiger partial charge on any atom is 0.291 e. The summed E-state index contributed by atoms with van der Waals surface area (Å²) in [6.07, 6.45) is 1.26. The largest absolute Gasteiger partial charge is 0.479 e. The highest BCUT2D eigenvalue weighted by atomic mass is 28.3. The molecule has 0 unspecified atom stereocenters.